The molecular weight excluding hydrogens is 316 g/mol. The van der Waals surface area contributed by atoms with Crippen LogP contribution in [0.4, 0.5) is 0 Å². The van der Waals surface area contributed by atoms with E-state index in [-0.39, 0.29) is 0 Å². The molecule has 1 aliphatic rings. The van der Waals surface area contributed by atoms with Crippen LogP contribution in [0.2, 0.25) is 0 Å². The maximum Gasteiger partial charge on any atom is 0.157 e. The second-order valence-electron chi connectivity index (χ2n) is 5.27. The van der Waals surface area contributed by atoms with Crippen LogP contribution in [0.25, 0.3) is 5.82 Å². The molecule has 0 aromatic carbocycles. The van der Waals surface area contributed by atoms with Crippen LogP contribution in [0.3, 0.4) is 0 Å². The van der Waals surface area contributed by atoms with E-state index in [1.54, 1.807) is 0 Å². The van der Waals surface area contributed by atoms with E-state index in [9.17, 15) is 0 Å². The number of pyridine rings is 1. The molecule has 106 valence electrons. The molecule has 20 heavy (non-hydrogen) atoms. The number of nitrogens with zero attached hydrogens (tertiary/aromatic N) is 3. The molecule has 2 aromatic rings. The van der Waals surface area contributed by atoms with Gasteiger partial charge in [0.2, 0.25) is 0 Å². The van der Waals surface area contributed by atoms with Crippen molar-refractivity contribution in [1.29, 1.82) is 0 Å². The third-order valence-corrected chi connectivity index (χ3v) is 3.91. The van der Waals surface area contributed by atoms with E-state index in [4.69, 9.17) is 0 Å². The standard InChI is InChI=1S/C15H19BrN4/c1-2-6-17-9-12-8-13(16)10-18-15(12)20-7-5-14(19-20)11-3-4-11/h5,7-8,10-11,17H,2-4,6,9H2,1H3. The van der Waals surface area contributed by atoms with Crippen molar-refractivity contribution in [3.8, 4) is 5.82 Å². The zero-order valence-corrected chi connectivity index (χ0v) is 13.2. The molecule has 1 N–H and O–H groups in total. The fraction of sp³-hybridized carbons (Fsp3) is 0.467. The largest absolute Gasteiger partial charge is 0.313 e. The van der Waals surface area contributed by atoms with Gasteiger partial charge >= 0.3 is 0 Å². The van der Waals surface area contributed by atoms with E-state index < -0.39 is 0 Å². The first kappa shape index (κ1) is 13.8. The molecule has 5 heteroatoms. The Kier molecular flexibility index (Phi) is 4.17. The fourth-order valence-electron chi connectivity index (χ4n) is 2.26. The van der Waals surface area contributed by atoms with Crippen LogP contribution < -0.4 is 5.32 Å². The summed E-state index contributed by atoms with van der Waals surface area (Å²) in [6.45, 7) is 4.00. The minimum absolute atomic E-state index is 0.674. The van der Waals surface area contributed by atoms with Crippen molar-refractivity contribution in [2.75, 3.05) is 6.54 Å². The molecule has 2 aromatic heterocycles. The Morgan fingerprint density at radius 2 is 2.30 bits per heavy atom. The third kappa shape index (κ3) is 3.10. The summed E-state index contributed by atoms with van der Waals surface area (Å²) < 4.78 is 2.91. The van der Waals surface area contributed by atoms with Gasteiger partial charge in [0.25, 0.3) is 0 Å². The Morgan fingerprint density at radius 3 is 3.05 bits per heavy atom. The molecule has 3 rings (SSSR count). The summed E-state index contributed by atoms with van der Waals surface area (Å²) in [6.07, 6.45) is 7.53. The highest BCUT2D eigenvalue weighted by molar-refractivity contribution is 9.10. The highest BCUT2D eigenvalue weighted by atomic mass is 79.9. The first-order valence-electron chi connectivity index (χ1n) is 7.19. The van der Waals surface area contributed by atoms with Crippen molar-refractivity contribution >= 4 is 15.9 Å². The van der Waals surface area contributed by atoms with Crippen LogP contribution in [0.5, 0.6) is 0 Å². The maximum atomic E-state index is 4.67. The van der Waals surface area contributed by atoms with E-state index >= 15 is 0 Å². The molecule has 0 amide bonds. The first-order valence-corrected chi connectivity index (χ1v) is 7.98. The number of nitrogens with one attached hydrogen (secondary N) is 1. The van der Waals surface area contributed by atoms with Gasteiger partial charge in [-0.2, -0.15) is 5.10 Å². The highest BCUT2D eigenvalue weighted by Crippen LogP contribution is 2.39. The predicted molar refractivity (Wildman–Crippen MR) is 83.0 cm³/mol. The van der Waals surface area contributed by atoms with Gasteiger partial charge in [-0.1, -0.05) is 6.92 Å². The van der Waals surface area contributed by atoms with Gasteiger partial charge in [-0.25, -0.2) is 9.67 Å². The van der Waals surface area contributed by atoms with E-state index in [2.05, 4.69) is 50.4 Å². The molecular formula is C15H19BrN4. The van der Waals surface area contributed by atoms with E-state index in [0.717, 1.165) is 29.8 Å². The Balaban J connectivity index is 1.85. The lowest BCUT2D eigenvalue weighted by molar-refractivity contribution is 0.665. The van der Waals surface area contributed by atoms with Crippen molar-refractivity contribution in [2.45, 2.75) is 38.6 Å². The molecule has 0 radical (unpaired) electrons. The van der Waals surface area contributed by atoms with Gasteiger partial charge in [0, 0.05) is 34.9 Å². The predicted octanol–water partition coefficient (Wildman–Crippen LogP) is 3.41. The normalized spacial score (nSPS) is 14.7. The number of hydrogen-bond acceptors (Lipinski definition) is 3. The molecule has 1 aliphatic carbocycles. The minimum atomic E-state index is 0.674. The van der Waals surface area contributed by atoms with Gasteiger partial charge in [0.15, 0.2) is 5.82 Å². The van der Waals surface area contributed by atoms with Gasteiger partial charge in [-0.3, -0.25) is 0 Å². The molecule has 2 heterocycles. The van der Waals surface area contributed by atoms with Gasteiger partial charge in [-0.05, 0) is 53.9 Å². The van der Waals surface area contributed by atoms with Crippen molar-refractivity contribution in [2.24, 2.45) is 0 Å². The monoisotopic (exact) mass is 334 g/mol. The van der Waals surface area contributed by atoms with Crippen LogP contribution in [0, 0.1) is 0 Å². The molecule has 4 nitrogen and oxygen atoms in total. The topological polar surface area (TPSA) is 42.7 Å². The molecule has 0 unspecified atom stereocenters. The Bertz CT molecular complexity index is 589. The minimum Gasteiger partial charge on any atom is -0.313 e. The molecule has 1 fully saturated rings. The Labute approximate surface area is 127 Å². The summed E-state index contributed by atoms with van der Waals surface area (Å²) >= 11 is 3.50. The van der Waals surface area contributed by atoms with Gasteiger partial charge in [0.05, 0.1) is 5.69 Å². The average molecular weight is 335 g/mol. The summed E-state index contributed by atoms with van der Waals surface area (Å²) in [5, 5.41) is 8.10. The summed E-state index contributed by atoms with van der Waals surface area (Å²) in [6, 6.07) is 4.23. The van der Waals surface area contributed by atoms with E-state index in [0.29, 0.717) is 5.92 Å². The van der Waals surface area contributed by atoms with Crippen LogP contribution in [-0.4, -0.2) is 21.3 Å². The lowest BCUT2D eigenvalue weighted by atomic mass is 10.2. The average Bonchev–Trinajstić information content (AvgIpc) is 3.18. The molecule has 0 aliphatic heterocycles. The van der Waals surface area contributed by atoms with Gasteiger partial charge in [-0.15, -0.1) is 0 Å². The summed E-state index contributed by atoms with van der Waals surface area (Å²) in [7, 11) is 0. The second-order valence-corrected chi connectivity index (χ2v) is 6.19. The summed E-state index contributed by atoms with van der Waals surface area (Å²) in [4.78, 5) is 4.53. The molecule has 0 saturated heterocycles. The lowest BCUT2D eigenvalue weighted by Crippen LogP contribution is -2.16. The van der Waals surface area contributed by atoms with Crippen LogP contribution in [-0.2, 0) is 6.54 Å². The van der Waals surface area contributed by atoms with Crippen LogP contribution in [0.15, 0.2) is 29.0 Å². The second kappa shape index (κ2) is 6.06. The van der Waals surface area contributed by atoms with Crippen molar-refractivity contribution in [3.05, 3.63) is 40.3 Å². The fourth-order valence-corrected chi connectivity index (χ4v) is 2.64. The summed E-state index contributed by atoms with van der Waals surface area (Å²) in [5.74, 6) is 1.59. The van der Waals surface area contributed by atoms with E-state index in [1.807, 2.05) is 17.1 Å². The number of aromatic nitrogens is 3. The zero-order valence-electron chi connectivity index (χ0n) is 11.6. The zero-order chi connectivity index (χ0) is 13.9. The smallest absolute Gasteiger partial charge is 0.157 e. The van der Waals surface area contributed by atoms with Crippen LogP contribution >= 0.6 is 15.9 Å². The maximum absolute atomic E-state index is 4.67. The SMILES string of the molecule is CCCNCc1cc(Br)cnc1-n1ccc(C2CC2)n1. The molecule has 0 atom stereocenters. The van der Waals surface area contributed by atoms with Gasteiger partial charge < -0.3 is 5.32 Å². The number of hydrogen-bond donors (Lipinski definition) is 1. The highest BCUT2D eigenvalue weighted by Gasteiger charge is 2.26. The van der Waals surface area contributed by atoms with Crippen molar-refractivity contribution < 1.29 is 0 Å². The molecule has 1 saturated carbocycles. The van der Waals surface area contributed by atoms with Crippen LogP contribution in [0.1, 0.15) is 43.4 Å². The quantitative estimate of drug-likeness (QED) is 0.823. The molecule has 0 spiro atoms. The number of rotatable bonds is 6. The summed E-state index contributed by atoms with van der Waals surface area (Å²) in [5.41, 5.74) is 2.36. The number of halogens is 1. The van der Waals surface area contributed by atoms with E-state index in [1.165, 1.54) is 24.1 Å². The van der Waals surface area contributed by atoms with Crippen molar-refractivity contribution in [3.63, 3.8) is 0 Å². The first-order chi connectivity index (χ1) is 9.78. The van der Waals surface area contributed by atoms with Gasteiger partial charge in [0.1, 0.15) is 0 Å². The molecule has 0 bridgehead atoms. The Hall–Kier alpha value is -1.20. The van der Waals surface area contributed by atoms with Crippen molar-refractivity contribution in [1.82, 2.24) is 20.1 Å². The Morgan fingerprint density at radius 1 is 1.45 bits per heavy atom. The third-order valence-electron chi connectivity index (χ3n) is 3.47. The lowest BCUT2D eigenvalue weighted by Gasteiger charge is -2.10.